The second kappa shape index (κ2) is 4.47. The van der Waals surface area contributed by atoms with Gasteiger partial charge in [-0.1, -0.05) is 13.8 Å². The van der Waals surface area contributed by atoms with Crippen molar-refractivity contribution >= 4 is 11.4 Å². The molecule has 0 aliphatic heterocycles. The molecule has 0 radical (unpaired) electrons. The molecule has 16 heavy (non-hydrogen) atoms. The number of halogens is 1. The molecular formula is C11H15FN2O2. The molecule has 1 aromatic carbocycles. The van der Waals surface area contributed by atoms with Crippen molar-refractivity contribution in [2.45, 2.75) is 19.8 Å². The summed E-state index contributed by atoms with van der Waals surface area (Å²) in [5, 5.41) is 10.8. The molecule has 0 spiro atoms. The van der Waals surface area contributed by atoms with Crippen LogP contribution in [0.25, 0.3) is 0 Å². The summed E-state index contributed by atoms with van der Waals surface area (Å²) < 4.78 is 13.6. The summed E-state index contributed by atoms with van der Waals surface area (Å²) in [7, 11) is 3.41. The van der Waals surface area contributed by atoms with Crippen LogP contribution in [0.3, 0.4) is 0 Å². The largest absolute Gasteiger partial charge is 0.375 e. The summed E-state index contributed by atoms with van der Waals surface area (Å²) in [5.74, 6) is -0.583. The van der Waals surface area contributed by atoms with Crippen molar-refractivity contribution in [2.75, 3.05) is 19.0 Å². The molecular weight excluding hydrogens is 211 g/mol. The van der Waals surface area contributed by atoms with Gasteiger partial charge in [0.05, 0.1) is 16.7 Å². The van der Waals surface area contributed by atoms with Crippen LogP contribution < -0.4 is 4.90 Å². The molecule has 0 aliphatic carbocycles. The van der Waals surface area contributed by atoms with Crippen molar-refractivity contribution in [3.05, 3.63) is 33.6 Å². The first-order valence-corrected chi connectivity index (χ1v) is 4.99. The van der Waals surface area contributed by atoms with Gasteiger partial charge in [-0.2, -0.15) is 0 Å². The van der Waals surface area contributed by atoms with Crippen molar-refractivity contribution < 1.29 is 9.31 Å². The quantitative estimate of drug-likeness (QED) is 0.588. The number of benzene rings is 1. The highest BCUT2D eigenvalue weighted by Crippen LogP contribution is 2.32. The molecule has 0 saturated heterocycles. The van der Waals surface area contributed by atoms with Gasteiger partial charge in [-0.3, -0.25) is 10.1 Å². The Kier molecular flexibility index (Phi) is 3.47. The molecule has 4 nitrogen and oxygen atoms in total. The van der Waals surface area contributed by atoms with Crippen molar-refractivity contribution in [3.63, 3.8) is 0 Å². The number of hydrogen-bond donors (Lipinski definition) is 0. The first-order chi connectivity index (χ1) is 7.34. The zero-order valence-corrected chi connectivity index (χ0v) is 9.82. The number of nitro benzene ring substituents is 1. The first kappa shape index (κ1) is 12.4. The molecule has 0 N–H and O–H groups in total. The van der Waals surface area contributed by atoms with Crippen LogP contribution in [-0.2, 0) is 0 Å². The molecule has 0 saturated carbocycles. The lowest BCUT2D eigenvalue weighted by Gasteiger charge is -2.16. The molecule has 1 rings (SSSR count). The molecule has 0 aromatic heterocycles. The molecule has 0 unspecified atom stereocenters. The summed E-state index contributed by atoms with van der Waals surface area (Å²) in [6.45, 7) is 3.69. The maximum absolute atomic E-state index is 13.6. The van der Waals surface area contributed by atoms with Gasteiger partial charge in [-0.15, -0.1) is 0 Å². The standard InChI is InChI=1S/C11H15FN2O2/c1-7(2)8-5-11(13(3)4)9(12)6-10(8)14(15)16/h5-7H,1-4H3. The fourth-order valence-corrected chi connectivity index (χ4v) is 1.53. The third kappa shape index (κ3) is 2.29. The number of hydrogen-bond acceptors (Lipinski definition) is 3. The molecule has 0 bridgehead atoms. The van der Waals surface area contributed by atoms with Gasteiger partial charge in [0.25, 0.3) is 5.69 Å². The first-order valence-electron chi connectivity index (χ1n) is 4.99. The molecule has 0 amide bonds. The highest BCUT2D eigenvalue weighted by molar-refractivity contribution is 5.57. The van der Waals surface area contributed by atoms with Gasteiger partial charge in [-0.05, 0) is 12.0 Å². The number of nitrogens with zero attached hydrogens (tertiary/aromatic N) is 2. The Hall–Kier alpha value is -1.65. The van der Waals surface area contributed by atoms with E-state index in [0.717, 1.165) is 6.07 Å². The monoisotopic (exact) mass is 226 g/mol. The van der Waals surface area contributed by atoms with Crippen LogP contribution in [0.1, 0.15) is 25.3 Å². The van der Waals surface area contributed by atoms with Gasteiger partial charge in [0.15, 0.2) is 5.82 Å². The fourth-order valence-electron chi connectivity index (χ4n) is 1.53. The molecule has 1 aromatic rings. The van der Waals surface area contributed by atoms with Gasteiger partial charge >= 0.3 is 0 Å². The van der Waals surface area contributed by atoms with E-state index in [1.807, 2.05) is 13.8 Å². The minimum absolute atomic E-state index is 0.0142. The second-order valence-corrected chi connectivity index (χ2v) is 4.17. The lowest BCUT2D eigenvalue weighted by Crippen LogP contribution is -2.12. The van der Waals surface area contributed by atoms with E-state index in [1.54, 1.807) is 19.0 Å². The summed E-state index contributed by atoms with van der Waals surface area (Å²) in [5.41, 5.74) is 0.766. The molecule has 0 fully saturated rings. The molecule has 0 atom stereocenters. The average Bonchev–Trinajstić information content (AvgIpc) is 2.15. The summed E-state index contributed by atoms with van der Waals surface area (Å²) >= 11 is 0. The summed E-state index contributed by atoms with van der Waals surface area (Å²) in [6, 6.07) is 2.53. The molecule has 88 valence electrons. The minimum atomic E-state index is -0.568. The van der Waals surface area contributed by atoms with Crippen molar-refractivity contribution in [1.82, 2.24) is 0 Å². The topological polar surface area (TPSA) is 46.4 Å². The highest BCUT2D eigenvalue weighted by Gasteiger charge is 2.20. The Labute approximate surface area is 93.8 Å². The minimum Gasteiger partial charge on any atom is -0.375 e. The molecule has 0 aliphatic rings. The number of rotatable bonds is 3. The smallest absolute Gasteiger partial charge is 0.275 e. The Balaban J connectivity index is 3.43. The SMILES string of the molecule is CC(C)c1cc(N(C)C)c(F)cc1[N+](=O)[O-]. The Morgan fingerprint density at radius 1 is 1.38 bits per heavy atom. The number of anilines is 1. The van der Waals surface area contributed by atoms with E-state index in [9.17, 15) is 14.5 Å². The summed E-state index contributed by atoms with van der Waals surface area (Å²) in [4.78, 5) is 11.8. The van der Waals surface area contributed by atoms with Crippen LogP contribution in [0.5, 0.6) is 0 Å². The Morgan fingerprint density at radius 3 is 2.31 bits per heavy atom. The van der Waals surface area contributed by atoms with Crippen LogP contribution in [0.2, 0.25) is 0 Å². The van der Waals surface area contributed by atoms with Crippen molar-refractivity contribution in [1.29, 1.82) is 0 Å². The van der Waals surface area contributed by atoms with E-state index in [2.05, 4.69) is 0 Å². The zero-order valence-electron chi connectivity index (χ0n) is 9.82. The third-order valence-corrected chi connectivity index (χ3v) is 2.40. The van der Waals surface area contributed by atoms with E-state index >= 15 is 0 Å². The van der Waals surface area contributed by atoms with Crippen molar-refractivity contribution in [2.24, 2.45) is 0 Å². The second-order valence-electron chi connectivity index (χ2n) is 4.17. The van der Waals surface area contributed by atoms with Gasteiger partial charge in [0.2, 0.25) is 0 Å². The lowest BCUT2D eigenvalue weighted by atomic mass is 10.00. The van der Waals surface area contributed by atoms with Crippen LogP contribution in [-0.4, -0.2) is 19.0 Å². The lowest BCUT2D eigenvalue weighted by molar-refractivity contribution is -0.385. The third-order valence-electron chi connectivity index (χ3n) is 2.40. The Bertz CT molecular complexity index is 417. The average molecular weight is 226 g/mol. The maximum Gasteiger partial charge on any atom is 0.275 e. The molecule has 0 heterocycles. The van der Waals surface area contributed by atoms with E-state index in [1.165, 1.54) is 6.07 Å². The van der Waals surface area contributed by atoms with Crippen LogP contribution in [0.4, 0.5) is 15.8 Å². The zero-order chi connectivity index (χ0) is 12.5. The van der Waals surface area contributed by atoms with Crippen LogP contribution in [0.15, 0.2) is 12.1 Å². The van der Waals surface area contributed by atoms with E-state index < -0.39 is 10.7 Å². The normalized spacial score (nSPS) is 10.6. The van der Waals surface area contributed by atoms with Gasteiger partial charge in [0, 0.05) is 19.7 Å². The molecule has 5 heteroatoms. The van der Waals surface area contributed by atoms with Crippen molar-refractivity contribution in [3.8, 4) is 0 Å². The number of nitro groups is 1. The van der Waals surface area contributed by atoms with E-state index in [0.29, 0.717) is 11.3 Å². The van der Waals surface area contributed by atoms with Gasteiger partial charge < -0.3 is 4.90 Å². The van der Waals surface area contributed by atoms with E-state index in [4.69, 9.17) is 0 Å². The van der Waals surface area contributed by atoms with Gasteiger partial charge in [-0.25, -0.2) is 4.39 Å². The van der Waals surface area contributed by atoms with E-state index in [-0.39, 0.29) is 11.6 Å². The predicted molar refractivity (Wildman–Crippen MR) is 61.5 cm³/mol. The predicted octanol–water partition coefficient (Wildman–Crippen LogP) is 2.92. The fraction of sp³-hybridized carbons (Fsp3) is 0.455. The Morgan fingerprint density at radius 2 is 1.94 bits per heavy atom. The summed E-state index contributed by atoms with van der Waals surface area (Å²) in [6.07, 6.45) is 0. The van der Waals surface area contributed by atoms with Crippen LogP contribution >= 0.6 is 0 Å². The maximum atomic E-state index is 13.6. The van der Waals surface area contributed by atoms with Crippen LogP contribution in [0, 0.1) is 15.9 Å². The van der Waals surface area contributed by atoms with Gasteiger partial charge in [0.1, 0.15) is 0 Å². The highest BCUT2D eigenvalue weighted by atomic mass is 19.1.